The number of nitrogens with zero attached hydrogens (tertiary/aromatic N) is 1. The number of halogens is 3. The van der Waals surface area contributed by atoms with Crippen LogP contribution in [-0.4, -0.2) is 16.1 Å². The Morgan fingerprint density at radius 2 is 2.00 bits per heavy atom. The van der Waals surface area contributed by atoms with E-state index in [1.165, 1.54) is 18.2 Å². The van der Waals surface area contributed by atoms with E-state index in [0.29, 0.717) is 0 Å². The molecule has 0 fully saturated rings. The summed E-state index contributed by atoms with van der Waals surface area (Å²) >= 11 is 11.4. The molecule has 0 saturated heterocycles. The molecule has 0 aliphatic rings. The molecule has 2 rings (SSSR count). The van der Waals surface area contributed by atoms with Gasteiger partial charge in [0.25, 0.3) is 0 Å². The lowest BCUT2D eigenvalue weighted by atomic mass is 10.3. The van der Waals surface area contributed by atoms with Crippen molar-refractivity contribution in [2.75, 3.05) is 0 Å². The third kappa shape index (κ3) is 3.13. The highest BCUT2D eigenvalue weighted by atomic mass is 35.5. The average Bonchev–Trinajstić information content (AvgIpc) is 2.36. The van der Waals surface area contributed by atoms with Crippen LogP contribution < -0.4 is 4.74 Å². The quantitative estimate of drug-likeness (QED) is 0.930. The second-order valence-corrected chi connectivity index (χ2v) is 4.31. The van der Waals surface area contributed by atoms with Crippen molar-refractivity contribution in [3.05, 3.63) is 51.9 Å². The highest BCUT2D eigenvalue weighted by Gasteiger charge is 2.11. The monoisotopic (exact) mass is 301 g/mol. The lowest BCUT2D eigenvalue weighted by Crippen LogP contribution is -1.98. The molecular formula is C12H6Cl2FNO3. The molecule has 7 heteroatoms. The van der Waals surface area contributed by atoms with Crippen LogP contribution in [0, 0.1) is 5.82 Å². The fourth-order valence-corrected chi connectivity index (χ4v) is 1.64. The fraction of sp³-hybridized carbons (Fsp3) is 0. The van der Waals surface area contributed by atoms with E-state index in [-0.39, 0.29) is 27.2 Å². The Labute approximate surface area is 117 Å². The molecule has 2 aromatic rings. The minimum atomic E-state index is -1.15. The van der Waals surface area contributed by atoms with Gasteiger partial charge >= 0.3 is 5.97 Å². The Morgan fingerprint density at radius 3 is 2.58 bits per heavy atom. The third-order valence-corrected chi connectivity index (χ3v) is 2.72. The maximum atomic E-state index is 13.0. The summed E-state index contributed by atoms with van der Waals surface area (Å²) in [6.45, 7) is 0. The number of hydrogen-bond acceptors (Lipinski definition) is 3. The van der Waals surface area contributed by atoms with Crippen LogP contribution in [0.5, 0.6) is 11.6 Å². The van der Waals surface area contributed by atoms with Crippen LogP contribution in [0.1, 0.15) is 10.4 Å². The zero-order valence-electron chi connectivity index (χ0n) is 9.23. The maximum absolute atomic E-state index is 13.0. The molecule has 98 valence electrons. The smallest absolute Gasteiger partial charge is 0.337 e. The fourth-order valence-electron chi connectivity index (χ4n) is 1.27. The minimum absolute atomic E-state index is 0.00865. The van der Waals surface area contributed by atoms with Gasteiger partial charge in [-0.05, 0) is 18.2 Å². The summed E-state index contributed by atoms with van der Waals surface area (Å²) < 4.78 is 18.3. The molecule has 1 heterocycles. The molecule has 1 aromatic carbocycles. The lowest BCUT2D eigenvalue weighted by Gasteiger charge is -2.07. The van der Waals surface area contributed by atoms with E-state index >= 15 is 0 Å². The van der Waals surface area contributed by atoms with Crippen molar-refractivity contribution in [3.63, 3.8) is 0 Å². The van der Waals surface area contributed by atoms with Crippen molar-refractivity contribution < 1.29 is 19.0 Å². The van der Waals surface area contributed by atoms with Gasteiger partial charge < -0.3 is 9.84 Å². The van der Waals surface area contributed by atoms with Crippen LogP contribution in [0.15, 0.2) is 30.5 Å². The number of benzene rings is 1. The van der Waals surface area contributed by atoms with Crippen LogP contribution in [0.4, 0.5) is 4.39 Å². The largest absolute Gasteiger partial charge is 0.478 e. The molecule has 0 spiro atoms. The minimum Gasteiger partial charge on any atom is -0.478 e. The number of aromatic carboxylic acids is 1. The zero-order valence-corrected chi connectivity index (χ0v) is 10.7. The summed E-state index contributed by atoms with van der Waals surface area (Å²) in [5.41, 5.74) is -0.0607. The number of carbonyl (C=O) groups is 1. The first kappa shape index (κ1) is 13.6. The number of pyridine rings is 1. The first-order chi connectivity index (χ1) is 8.97. The summed E-state index contributed by atoms with van der Waals surface area (Å²) in [4.78, 5) is 14.5. The first-order valence-corrected chi connectivity index (χ1v) is 5.74. The number of rotatable bonds is 3. The molecule has 1 aromatic heterocycles. The first-order valence-electron chi connectivity index (χ1n) is 4.99. The Balaban J connectivity index is 2.28. The SMILES string of the molecule is O=C(O)c1cnc(Oc2ccc(F)c(Cl)c2)c(Cl)c1. The van der Waals surface area contributed by atoms with Crippen molar-refractivity contribution in [3.8, 4) is 11.6 Å². The normalized spacial score (nSPS) is 10.3. The molecule has 0 amide bonds. The van der Waals surface area contributed by atoms with Crippen LogP contribution in [0.3, 0.4) is 0 Å². The molecule has 0 aliphatic heterocycles. The summed E-state index contributed by atoms with van der Waals surface area (Å²) in [6.07, 6.45) is 1.11. The Kier molecular flexibility index (Phi) is 3.87. The summed E-state index contributed by atoms with van der Waals surface area (Å²) in [6, 6.07) is 4.96. The van der Waals surface area contributed by atoms with Gasteiger partial charge in [-0.15, -0.1) is 0 Å². The predicted octanol–water partition coefficient (Wildman–Crippen LogP) is 4.02. The molecule has 0 radical (unpaired) electrons. The van der Waals surface area contributed by atoms with Gasteiger partial charge in [-0.2, -0.15) is 0 Å². The van der Waals surface area contributed by atoms with E-state index in [0.717, 1.165) is 12.3 Å². The molecule has 4 nitrogen and oxygen atoms in total. The van der Waals surface area contributed by atoms with Crippen LogP contribution in [-0.2, 0) is 0 Å². The Hall–Kier alpha value is -1.85. The van der Waals surface area contributed by atoms with E-state index in [4.69, 9.17) is 33.0 Å². The van der Waals surface area contributed by atoms with Crippen LogP contribution in [0.2, 0.25) is 10.0 Å². The summed E-state index contributed by atoms with van der Waals surface area (Å²) in [5.74, 6) is -1.47. The number of carboxylic acids is 1. The number of ether oxygens (including phenoxy) is 1. The highest BCUT2D eigenvalue weighted by molar-refractivity contribution is 6.32. The molecule has 0 bridgehead atoms. The Bertz CT molecular complexity index is 649. The van der Waals surface area contributed by atoms with Gasteiger partial charge in [0.1, 0.15) is 16.6 Å². The van der Waals surface area contributed by atoms with Crippen molar-refractivity contribution in [2.24, 2.45) is 0 Å². The highest BCUT2D eigenvalue weighted by Crippen LogP contribution is 2.29. The van der Waals surface area contributed by atoms with Gasteiger partial charge in [0.15, 0.2) is 0 Å². The molecule has 1 N–H and O–H groups in total. The maximum Gasteiger partial charge on any atom is 0.337 e. The molecule has 0 aliphatic carbocycles. The molecule has 0 atom stereocenters. The van der Waals surface area contributed by atoms with Crippen molar-refractivity contribution in [2.45, 2.75) is 0 Å². The number of hydrogen-bond donors (Lipinski definition) is 1. The van der Waals surface area contributed by atoms with Gasteiger partial charge in [-0.25, -0.2) is 14.2 Å². The van der Waals surface area contributed by atoms with Crippen LogP contribution >= 0.6 is 23.2 Å². The van der Waals surface area contributed by atoms with Gasteiger partial charge in [-0.3, -0.25) is 0 Å². The van der Waals surface area contributed by atoms with Crippen molar-refractivity contribution in [1.82, 2.24) is 4.98 Å². The van der Waals surface area contributed by atoms with E-state index in [9.17, 15) is 9.18 Å². The van der Waals surface area contributed by atoms with E-state index < -0.39 is 11.8 Å². The van der Waals surface area contributed by atoms with Crippen molar-refractivity contribution in [1.29, 1.82) is 0 Å². The predicted molar refractivity (Wildman–Crippen MR) is 67.7 cm³/mol. The zero-order chi connectivity index (χ0) is 14.0. The van der Waals surface area contributed by atoms with Gasteiger partial charge in [-0.1, -0.05) is 23.2 Å². The third-order valence-electron chi connectivity index (χ3n) is 2.16. The molecule has 0 unspecified atom stereocenters. The number of carboxylic acid groups (broad SMARTS) is 1. The van der Waals surface area contributed by atoms with Gasteiger partial charge in [0.05, 0.1) is 10.6 Å². The Morgan fingerprint density at radius 1 is 1.26 bits per heavy atom. The van der Waals surface area contributed by atoms with E-state index in [1.54, 1.807) is 0 Å². The number of aromatic nitrogens is 1. The van der Waals surface area contributed by atoms with Crippen molar-refractivity contribution >= 4 is 29.2 Å². The lowest BCUT2D eigenvalue weighted by molar-refractivity contribution is 0.0696. The summed E-state index contributed by atoms with van der Waals surface area (Å²) in [7, 11) is 0. The second-order valence-electron chi connectivity index (χ2n) is 3.49. The van der Waals surface area contributed by atoms with E-state index in [2.05, 4.69) is 4.98 Å². The van der Waals surface area contributed by atoms with Gasteiger partial charge in [0.2, 0.25) is 5.88 Å². The standard InChI is InChI=1S/C12H6Cl2FNO3/c13-8-4-7(1-2-10(8)15)19-11-9(14)3-6(5-16-11)12(17)18/h1-5H,(H,17,18). The molecule has 19 heavy (non-hydrogen) atoms. The average molecular weight is 302 g/mol. The van der Waals surface area contributed by atoms with Crippen LogP contribution in [0.25, 0.3) is 0 Å². The topological polar surface area (TPSA) is 59.4 Å². The van der Waals surface area contributed by atoms with Gasteiger partial charge in [0, 0.05) is 12.3 Å². The van der Waals surface area contributed by atoms with E-state index in [1.807, 2.05) is 0 Å². The summed E-state index contributed by atoms with van der Waals surface area (Å²) in [5, 5.41) is 8.69. The molecule has 0 saturated carbocycles. The second kappa shape index (κ2) is 5.42. The molecular weight excluding hydrogens is 296 g/mol.